The number of likely N-dealkylation sites (tertiary alicyclic amines) is 1. The summed E-state index contributed by atoms with van der Waals surface area (Å²) < 4.78 is 1.78. The summed E-state index contributed by atoms with van der Waals surface area (Å²) in [5.74, 6) is 0.179. The molecule has 0 radical (unpaired) electrons. The number of aryl methyl sites for hydroxylation is 2. The van der Waals surface area contributed by atoms with Crippen LogP contribution in [0.3, 0.4) is 0 Å². The van der Waals surface area contributed by atoms with Crippen LogP contribution in [0.2, 0.25) is 5.02 Å². The number of hydrogen-bond donors (Lipinski definition) is 0. The van der Waals surface area contributed by atoms with Gasteiger partial charge in [-0.15, -0.1) is 0 Å². The van der Waals surface area contributed by atoms with E-state index >= 15 is 0 Å². The van der Waals surface area contributed by atoms with Crippen LogP contribution in [0.25, 0.3) is 22.2 Å². The summed E-state index contributed by atoms with van der Waals surface area (Å²) in [6, 6.07) is 11.7. The van der Waals surface area contributed by atoms with Gasteiger partial charge in [0.2, 0.25) is 5.91 Å². The standard InChI is InChI=1S/C24H26ClN3O2/c1-4-28-23-20(9-8-15(2)26-23)21(18-6-5-7-19(25)14-18)22(24(28)30)17-10-12-27(13-11-17)16(3)29/h5-9,14,17H,4,10-13H2,1-3H3. The van der Waals surface area contributed by atoms with Gasteiger partial charge in [0.05, 0.1) is 0 Å². The van der Waals surface area contributed by atoms with Crippen LogP contribution in [0.5, 0.6) is 0 Å². The average molecular weight is 424 g/mol. The first-order valence-electron chi connectivity index (χ1n) is 10.5. The van der Waals surface area contributed by atoms with Crippen LogP contribution in [-0.4, -0.2) is 33.4 Å². The maximum atomic E-state index is 13.7. The summed E-state index contributed by atoms with van der Waals surface area (Å²) in [6.45, 7) is 7.42. The predicted molar refractivity (Wildman–Crippen MR) is 121 cm³/mol. The fourth-order valence-corrected chi connectivity index (χ4v) is 4.74. The van der Waals surface area contributed by atoms with E-state index in [4.69, 9.17) is 16.6 Å². The number of rotatable bonds is 3. The van der Waals surface area contributed by atoms with Gasteiger partial charge in [0.25, 0.3) is 5.56 Å². The van der Waals surface area contributed by atoms with E-state index in [0.29, 0.717) is 30.3 Å². The quantitative estimate of drug-likeness (QED) is 0.609. The zero-order valence-corrected chi connectivity index (χ0v) is 18.4. The van der Waals surface area contributed by atoms with Crippen molar-refractivity contribution >= 4 is 28.5 Å². The number of amides is 1. The summed E-state index contributed by atoms with van der Waals surface area (Å²) in [6.07, 6.45) is 1.55. The monoisotopic (exact) mass is 423 g/mol. The fourth-order valence-electron chi connectivity index (χ4n) is 4.55. The number of piperidine rings is 1. The van der Waals surface area contributed by atoms with Gasteiger partial charge in [-0.1, -0.05) is 23.7 Å². The molecule has 2 aromatic heterocycles. The molecule has 3 aromatic rings. The van der Waals surface area contributed by atoms with Crippen molar-refractivity contribution in [2.24, 2.45) is 0 Å². The SMILES string of the molecule is CCn1c(=O)c(C2CCN(C(C)=O)CC2)c(-c2cccc(Cl)c2)c2ccc(C)nc21. The highest BCUT2D eigenvalue weighted by atomic mass is 35.5. The summed E-state index contributed by atoms with van der Waals surface area (Å²) in [4.78, 5) is 32.1. The molecular formula is C24H26ClN3O2. The summed E-state index contributed by atoms with van der Waals surface area (Å²) in [5.41, 5.74) is 4.28. The third kappa shape index (κ3) is 3.63. The topological polar surface area (TPSA) is 55.2 Å². The highest BCUT2D eigenvalue weighted by molar-refractivity contribution is 6.30. The number of pyridine rings is 2. The second-order valence-electron chi connectivity index (χ2n) is 7.95. The van der Waals surface area contributed by atoms with Crippen molar-refractivity contribution in [1.82, 2.24) is 14.5 Å². The van der Waals surface area contributed by atoms with Crippen molar-refractivity contribution < 1.29 is 4.79 Å². The molecule has 1 aromatic carbocycles. The van der Waals surface area contributed by atoms with Crippen molar-refractivity contribution in [3.8, 4) is 11.1 Å². The molecule has 0 saturated carbocycles. The number of fused-ring (bicyclic) bond motifs is 1. The van der Waals surface area contributed by atoms with Crippen LogP contribution in [0.1, 0.15) is 43.9 Å². The Hall–Kier alpha value is -2.66. The van der Waals surface area contributed by atoms with Crippen molar-refractivity contribution in [2.45, 2.75) is 46.1 Å². The van der Waals surface area contributed by atoms with Crippen LogP contribution < -0.4 is 5.56 Å². The molecule has 156 valence electrons. The molecule has 1 saturated heterocycles. The molecule has 1 aliphatic rings. The number of halogens is 1. The smallest absolute Gasteiger partial charge is 0.256 e. The fraction of sp³-hybridized carbons (Fsp3) is 0.375. The largest absolute Gasteiger partial charge is 0.343 e. The van der Waals surface area contributed by atoms with Gasteiger partial charge >= 0.3 is 0 Å². The van der Waals surface area contributed by atoms with Crippen LogP contribution in [0, 0.1) is 6.92 Å². The zero-order chi connectivity index (χ0) is 21.4. The van der Waals surface area contributed by atoms with E-state index < -0.39 is 0 Å². The number of hydrogen-bond acceptors (Lipinski definition) is 3. The molecular weight excluding hydrogens is 398 g/mol. The zero-order valence-electron chi connectivity index (χ0n) is 17.6. The second kappa shape index (κ2) is 8.23. The van der Waals surface area contributed by atoms with E-state index in [2.05, 4.69) is 6.07 Å². The Balaban J connectivity index is 2.00. The van der Waals surface area contributed by atoms with E-state index in [1.54, 1.807) is 11.5 Å². The molecule has 0 bridgehead atoms. The molecule has 5 nitrogen and oxygen atoms in total. The lowest BCUT2D eigenvalue weighted by atomic mass is 9.84. The van der Waals surface area contributed by atoms with Gasteiger partial charge in [0, 0.05) is 53.8 Å². The van der Waals surface area contributed by atoms with Crippen molar-refractivity contribution in [2.75, 3.05) is 13.1 Å². The van der Waals surface area contributed by atoms with Gasteiger partial charge < -0.3 is 4.90 Å². The number of carbonyl (C=O) groups excluding carboxylic acids is 1. The maximum Gasteiger partial charge on any atom is 0.256 e. The first kappa shape index (κ1) is 20.6. The highest BCUT2D eigenvalue weighted by Crippen LogP contribution is 2.38. The molecule has 30 heavy (non-hydrogen) atoms. The van der Waals surface area contributed by atoms with E-state index in [0.717, 1.165) is 40.6 Å². The Kier molecular flexibility index (Phi) is 5.65. The molecule has 1 fully saturated rings. The van der Waals surface area contributed by atoms with Crippen LogP contribution in [0.4, 0.5) is 0 Å². The molecule has 6 heteroatoms. The van der Waals surface area contributed by atoms with E-state index in [1.807, 2.05) is 49.1 Å². The summed E-state index contributed by atoms with van der Waals surface area (Å²) in [5, 5.41) is 1.60. The number of benzene rings is 1. The first-order valence-corrected chi connectivity index (χ1v) is 10.8. The van der Waals surface area contributed by atoms with Gasteiger partial charge in [-0.3, -0.25) is 14.2 Å². The van der Waals surface area contributed by atoms with Crippen LogP contribution in [0.15, 0.2) is 41.2 Å². The summed E-state index contributed by atoms with van der Waals surface area (Å²) >= 11 is 6.32. The minimum atomic E-state index is 0.0133. The Morgan fingerprint density at radius 3 is 2.57 bits per heavy atom. The highest BCUT2D eigenvalue weighted by Gasteiger charge is 2.29. The molecule has 3 heterocycles. The van der Waals surface area contributed by atoms with Gasteiger partial charge in [-0.05, 0) is 62.4 Å². The predicted octanol–water partition coefficient (Wildman–Crippen LogP) is 4.77. The number of nitrogens with zero attached hydrogens (tertiary/aromatic N) is 3. The lowest BCUT2D eigenvalue weighted by molar-refractivity contribution is -0.129. The number of carbonyl (C=O) groups is 1. The first-order chi connectivity index (χ1) is 14.4. The Morgan fingerprint density at radius 1 is 1.20 bits per heavy atom. The maximum absolute atomic E-state index is 13.7. The molecule has 0 N–H and O–H groups in total. The van der Waals surface area contributed by atoms with Crippen molar-refractivity contribution in [1.29, 1.82) is 0 Å². The third-order valence-corrected chi connectivity index (χ3v) is 6.30. The van der Waals surface area contributed by atoms with E-state index in [-0.39, 0.29) is 17.4 Å². The average Bonchev–Trinajstić information content (AvgIpc) is 2.73. The minimum Gasteiger partial charge on any atom is -0.343 e. The second-order valence-corrected chi connectivity index (χ2v) is 8.39. The molecule has 1 amide bonds. The molecule has 0 aliphatic carbocycles. The van der Waals surface area contributed by atoms with Crippen molar-refractivity contribution in [3.05, 3.63) is 63.0 Å². The lowest BCUT2D eigenvalue weighted by Crippen LogP contribution is -2.38. The molecule has 4 rings (SSSR count). The Labute approximate surface area is 181 Å². The lowest BCUT2D eigenvalue weighted by Gasteiger charge is -2.32. The Bertz CT molecular complexity index is 1180. The van der Waals surface area contributed by atoms with Gasteiger partial charge in [0.15, 0.2) is 0 Å². The summed E-state index contributed by atoms with van der Waals surface area (Å²) in [7, 11) is 0. The van der Waals surface area contributed by atoms with E-state index in [9.17, 15) is 9.59 Å². The van der Waals surface area contributed by atoms with Crippen LogP contribution >= 0.6 is 11.6 Å². The number of aromatic nitrogens is 2. The molecule has 0 atom stereocenters. The normalized spacial score (nSPS) is 15.0. The molecule has 0 unspecified atom stereocenters. The minimum absolute atomic E-state index is 0.0133. The van der Waals surface area contributed by atoms with Gasteiger partial charge in [0.1, 0.15) is 5.65 Å². The van der Waals surface area contributed by atoms with Gasteiger partial charge in [-0.25, -0.2) is 4.98 Å². The van der Waals surface area contributed by atoms with E-state index in [1.165, 1.54) is 0 Å². The van der Waals surface area contributed by atoms with Crippen molar-refractivity contribution in [3.63, 3.8) is 0 Å². The van der Waals surface area contributed by atoms with Crippen LogP contribution in [-0.2, 0) is 11.3 Å². The molecule has 1 aliphatic heterocycles. The Morgan fingerprint density at radius 2 is 1.93 bits per heavy atom. The third-order valence-electron chi connectivity index (χ3n) is 6.06. The van der Waals surface area contributed by atoms with Gasteiger partial charge in [-0.2, -0.15) is 0 Å². The molecule has 0 spiro atoms.